The summed E-state index contributed by atoms with van der Waals surface area (Å²) in [5, 5.41) is 23.2. The van der Waals surface area contributed by atoms with Crippen LogP contribution in [0.2, 0.25) is 0 Å². The van der Waals surface area contributed by atoms with Crippen molar-refractivity contribution in [3.05, 3.63) is 71.8 Å². The number of methoxy groups -OCH3 is 1. The van der Waals surface area contributed by atoms with Crippen molar-refractivity contribution in [2.45, 2.75) is 18.6 Å². The van der Waals surface area contributed by atoms with Gasteiger partial charge in [0.1, 0.15) is 11.9 Å². The number of carbonyl (C=O) groups excluding carboxylic acids is 2. The second kappa shape index (κ2) is 11.9. The molecule has 0 spiro atoms. The Hall–Kier alpha value is -3.74. The molecule has 176 valence electrons. The van der Waals surface area contributed by atoms with Crippen LogP contribution in [-0.2, 0) is 19.0 Å². The number of fused-ring (bicyclic) bond motifs is 1. The number of ether oxygens (including phenoxy) is 3. The van der Waals surface area contributed by atoms with Crippen molar-refractivity contribution in [2.24, 2.45) is 0 Å². The number of aromatic hydroxyl groups is 1. The molecular weight excluding hydrogens is 456 g/mol. The number of nitriles is 1. The Balaban J connectivity index is 1.90. The maximum Gasteiger partial charge on any atom is 0.412 e. The highest BCUT2D eigenvalue weighted by Crippen LogP contribution is 2.35. The number of thiol groups is 1. The third kappa shape index (κ3) is 6.19. The molecule has 0 saturated carbocycles. The van der Waals surface area contributed by atoms with Gasteiger partial charge in [0.15, 0.2) is 6.10 Å². The number of hydrogen-bond acceptors (Lipinski definition) is 8. The summed E-state index contributed by atoms with van der Waals surface area (Å²) < 4.78 is 16.6. The van der Waals surface area contributed by atoms with Crippen molar-refractivity contribution < 1.29 is 28.9 Å². The quantitative estimate of drug-likeness (QED) is 0.303. The van der Waals surface area contributed by atoms with Crippen LogP contribution in [0.5, 0.6) is 5.75 Å². The lowest BCUT2D eigenvalue weighted by Gasteiger charge is -2.27. The summed E-state index contributed by atoms with van der Waals surface area (Å²) >= 11 is 3.89. The summed E-state index contributed by atoms with van der Waals surface area (Å²) in [4.78, 5) is 24.3. The zero-order valence-corrected chi connectivity index (χ0v) is 19.3. The first-order chi connectivity index (χ1) is 16.5. The molecule has 3 rings (SSSR count). The van der Waals surface area contributed by atoms with Gasteiger partial charge in [-0.25, -0.2) is 4.79 Å². The molecule has 0 aliphatic rings. The molecule has 2 atom stereocenters. The van der Waals surface area contributed by atoms with E-state index in [9.17, 15) is 14.7 Å². The Morgan fingerprint density at radius 1 is 1.09 bits per heavy atom. The molecule has 0 aliphatic heterocycles. The molecule has 1 amide bonds. The van der Waals surface area contributed by atoms with Crippen molar-refractivity contribution in [1.29, 1.82) is 5.26 Å². The lowest BCUT2D eigenvalue weighted by molar-refractivity contribution is -0.141. The summed E-state index contributed by atoms with van der Waals surface area (Å²) in [6, 6.07) is 18.7. The molecule has 9 heteroatoms. The van der Waals surface area contributed by atoms with Crippen LogP contribution >= 0.6 is 12.6 Å². The summed E-state index contributed by atoms with van der Waals surface area (Å²) in [6.07, 6.45) is -2.03. The minimum absolute atomic E-state index is 0.0466. The number of nitrogens with one attached hydrogen (secondary N) is 1. The van der Waals surface area contributed by atoms with Gasteiger partial charge in [0, 0.05) is 30.2 Å². The first-order valence-corrected chi connectivity index (χ1v) is 11.1. The average Bonchev–Trinajstić information content (AvgIpc) is 2.86. The van der Waals surface area contributed by atoms with Gasteiger partial charge in [-0.1, -0.05) is 30.3 Å². The van der Waals surface area contributed by atoms with Crippen LogP contribution in [0.1, 0.15) is 23.7 Å². The van der Waals surface area contributed by atoms with E-state index in [0.29, 0.717) is 27.6 Å². The van der Waals surface area contributed by atoms with Gasteiger partial charge >= 0.3 is 12.1 Å². The molecule has 2 N–H and O–H groups in total. The van der Waals surface area contributed by atoms with Crippen LogP contribution in [0, 0.1) is 11.3 Å². The van der Waals surface area contributed by atoms with E-state index in [1.165, 1.54) is 13.2 Å². The monoisotopic (exact) mass is 480 g/mol. The molecule has 0 radical (unpaired) electrons. The van der Waals surface area contributed by atoms with Crippen LogP contribution in [0.3, 0.4) is 0 Å². The number of amides is 1. The molecule has 34 heavy (non-hydrogen) atoms. The zero-order valence-electron chi connectivity index (χ0n) is 18.4. The molecule has 0 aliphatic carbocycles. The minimum Gasteiger partial charge on any atom is -0.507 e. The minimum atomic E-state index is -0.886. The number of esters is 1. The fourth-order valence-electron chi connectivity index (χ4n) is 3.51. The smallest absolute Gasteiger partial charge is 0.412 e. The third-order valence-electron chi connectivity index (χ3n) is 5.17. The molecule has 8 nitrogen and oxygen atoms in total. The van der Waals surface area contributed by atoms with Crippen LogP contribution in [0.15, 0.2) is 60.7 Å². The summed E-state index contributed by atoms with van der Waals surface area (Å²) in [7, 11) is 1.47. The molecule has 0 unspecified atom stereocenters. The second-order valence-corrected chi connectivity index (χ2v) is 7.62. The van der Waals surface area contributed by atoms with Gasteiger partial charge in [-0.3, -0.25) is 10.1 Å². The number of phenols is 1. The van der Waals surface area contributed by atoms with Gasteiger partial charge in [0.2, 0.25) is 0 Å². The average molecular weight is 481 g/mol. The van der Waals surface area contributed by atoms with E-state index in [1.54, 1.807) is 42.5 Å². The van der Waals surface area contributed by atoms with Crippen molar-refractivity contribution in [3.8, 4) is 11.8 Å². The van der Waals surface area contributed by atoms with E-state index in [1.807, 2.05) is 18.2 Å². The number of benzene rings is 3. The van der Waals surface area contributed by atoms with Crippen LogP contribution < -0.4 is 5.32 Å². The highest BCUT2D eigenvalue weighted by molar-refractivity contribution is 7.81. The Morgan fingerprint density at radius 3 is 2.44 bits per heavy atom. The molecule has 0 aromatic heterocycles. The highest BCUT2D eigenvalue weighted by Gasteiger charge is 2.29. The van der Waals surface area contributed by atoms with E-state index in [2.05, 4.69) is 17.9 Å². The SMILES string of the molecule is CO[C@H](CCOC(=O)CS)[C@H](OC(=O)Nc1ccc(C#N)cc1)c1ccc(O)c2ccccc12. The molecule has 3 aromatic carbocycles. The first-order valence-electron chi connectivity index (χ1n) is 10.4. The van der Waals surface area contributed by atoms with Crippen LogP contribution in [-0.4, -0.2) is 42.7 Å². The van der Waals surface area contributed by atoms with Gasteiger partial charge in [-0.05, 0) is 35.7 Å². The normalized spacial score (nSPS) is 12.4. The molecule has 3 aromatic rings. The van der Waals surface area contributed by atoms with Crippen molar-refractivity contribution in [1.82, 2.24) is 0 Å². The summed E-state index contributed by atoms with van der Waals surface area (Å²) in [5.74, 6) is -0.422. The predicted octanol–water partition coefficient (Wildman–Crippen LogP) is 4.58. The molecule has 0 heterocycles. The predicted molar refractivity (Wildman–Crippen MR) is 130 cm³/mol. The number of carbonyl (C=O) groups is 2. The van der Waals surface area contributed by atoms with Crippen molar-refractivity contribution >= 4 is 41.2 Å². The topological polar surface area (TPSA) is 118 Å². The highest BCUT2D eigenvalue weighted by atomic mass is 32.1. The van der Waals surface area contributed by atoms with Crippen LogP contribution in [0.25, 0.3) is 10.8 Å². The Morgan fingerprint density at radius 2 is 1.79 bits per heavy atom. The van der Waals surface area contributed by atoms with Gasteiger partial charge in [0.05, 0.1) is 24.0 Å². The Kier molecular flexibility index (Phi) is 8.73. The second-order valence-electron chi connectivity index (χ2n) is 7.30. The lowest BCUT2D eigenvalue weighted by Crippen LogP contribution is -2.29. The molecule has 0 fully saturated rings. The molecule has 0 bridgehead atoms. The fourth-order valence-corrected chi connectivity index (χ4v) is 3.60. The zero-order chi connectivity index (χ0) is 24.5. The molecular formula is C25H24N2O6S. The summed E-state index contributed by atoms with van der Waals surface area (Å²) in [6.45, 7) is 0.0466. The van der Waals surface area contributed by atoms with E-state index in [4.69, 9.17) is 19.5 Å². The van der Waals surface area contributed by atoms with Crippen molar-refractivity contribution in [3.63, 3.8) is 0 Å². The van der Waals surface area contributed by atoms with Crippen molar-refractivity contribution in [2.75, 3.05) is 24.8 Å². The number of phenolic OH excluding ortho intramolecular Hbond substituents is 1. The third-order valence-corrected chi connectivity index (χ3v) is 5.43. The van der Waals surface area contributed by atoms with Gasteiger partial charge in [-0.2, -0.15) is 17.9 Å². The largest absolute Gasteiger partial charge is 0.507 e. The van der Waals surface area contributed by atoms with Gasteiger partial charge in [0.25, 0.3) is 0 Å². The number of rotatable bonds is 9. The lowest BCUT2D eigenvalue weighted by atomic mass is 9.95. The maximum atomic E-state index is 12.8. The van der Waals surface area contributed by atoms with Crippen LogP contribution in [0.4, 0.5) is 10.5 Å². The van der Waals surface area contributed by atoms with E-state index in [-0.39, 0.29) is 24.5 Å². The number of anilines is 1. The Labute approximate surface area is 202 Å². The number of nitrogens with zero attached hydrogens (tertiary/aromatic N) is 1. The van der Waals surface area contributed by atoms with E-state index < -0.39 is 24.3 Å². The molecule has 0 saturated heterocycles. The maximum absolute atomic E-state index is 12.8. The van der Waals surface area contributed by atoms with Gasteiger partial charge < -0.3 is 19.3 Å². The Bertz CT molecular complexity index is 1190. The standard InChI is InChI=1S/C25H24N2O6S/c1-31-22(12-13-32-23(29)15-34)24(20-10-11-21(28)19-5-3-2-4-18(19)20)33-25(30)27-17-8-6-16(14-26)7-9-17/h2-11,22,24,28,34H,12-13,15H2,1H3,(H,27,30)/t22-,24-/m1/s1. The van der Waals surface area contributed by atoms with Gasteiger partial charge in [-0.15, -0.1) is 0 Å². The van der Waals surface area contributed by atoms with E-state index >= 15 is 0 Å². The fraction of sp³-hybridized carbons (Fsp3) is 0.240. The first kappa shape index (κ1) is 24.9. The van der Waals surface area contributed by atoms with E-state index in [0.717, 1.165) is 0 Å². The number of hydrogen-bond donors (Lipinski definition) is 3. The summed E-state index contributed by atoms with van der Waals surface area (Å²) in [5.41, 5.74) is 1.54.